The van der Waals surface area contributed by atoms with Gasteiger partial charge in [0.15, 0.2) is 0 Å². The van der Waals surface area contributed by atoms with Crippen molar-refractivity contribution >= 4 is 26.6 Å². The Balaban J connectivity index is 1.87. The number of rotatable bonds is 6. The average Bonchev–Trinajstić information content (AvgIpc) is 2.82. The van der Waals surface area contributed by atoms with Crippen molar-refractivity contribution in [3.63, 3.8) is 0 Å². The maximum absolute atomic E-state index is 14.2. The SMILES string of the molecule is CCc1cc(-c2ccc3nccc(C#N)c3c2)cc(NS(=O)(=O)c2ccccc2F)c1OC. The van der Waals surface area contributed by atoms with E-state index in [1.165, 1.54) is 25.3 Å². The molecule has 0 unspecified atom stereocenters. The first kappa shape index (κ1) is 22.2. The quantitative estimate of drug-likeness (QED) is 0.422. The minimum absolute atomic E-state index is 0.196. The number of nitrogens with zero attached hydrogens (tertiary/aromatic N) is 2. The molecule has 0 bridgehead atoms. The number of benzene rings is 3. The number of sulfonamides is 1. The normalized spacial score (nSPS) is 11.2. The van der Waals surface area contributed by atoms with E-state index >= 15 is 0 Å². The lowest BCUT2D eigenvalue weighted by molar-refractivity contribution is 0.412. The third-order valence-corrected chi connectivity index (χ3v) is 6.72. The van der Waals surface area contributed by atoms with Gasteiger partial charge in [-0.2, -0.15) is 5.26 Å². The van der Waals surface area contributed by atoms with Crippen molar-refractivity contribution in [1.29, 1.82) is 5.26 Å². The highest BCUT2D eigenvalue weighted by molar-refractivity contribution is 7.92. The predicted octanol–water partition coefficient (Wildman–Crippen LogP) is 5.28. The monoisotopic (exact) mass is 461 g/mol. The van der Waals surface area contributed by atoms with Crippen LogP contribution in [0, 0.1) is 17.1 Å². The Hall–Kier alpha value is -3.96. The summed E-state index contributed by atoms with van der Waals surface area (Å²) >= 11 is 0. The minimum atomic E-state index is -4.20. The second-order valence-electron chi connectivity index (χ2n) is 7.31. The second-order valence-corrected chi connectivity index (χ2v) is 8.96. The second kappa shape index (κ2) is 8.88. The van der Waals surface area contributed by atoms with Gasteiger partial charge in [0.2, 0.25) is 0 Å². The molecule has 0 atom stereocenters. The Morgan fingerprint density at radius 2 is 1.88 bits per heavy atom. The van der Waals surface area contributed by atoms with Gasteiger partial charge >= 0.3 is 0 Å². The van der Waals surface area contributed by atoms with Gasteiger partial charge in [-0.25, -0.2) is 12.8 Å². The summed E-state index contributed by atoms with van der Waals surface area (Å²) in [7, 11) is -2.75. The molecular weight excluding hydrogens is 441 g/mol. The van der Waals surface area contributed by atoms with Crippen LogP contribution in [0.25, 0.3) is 22.0 Å². The highest BCUT2D eigenvalue weighted by atomic mass is 32.2. The van der Waals surface area contributed by atoms with E-state index in [1.807, 2.05) is 31.2 Å². The molecule has 166 valence electrons. The lowest BCUT2D eigenvalue weighted by Gasteiger charge is -2.17. The number of halogens is 1. The van der Waals surface area contributed by atoms with Crippen molar-refractivity contribution in [1.82, 2.24) is 4.98 Å². The van der Waals surface area contributed by atoms with Crippen LogP contribution in [-0.2, 0) is 16.4 Å². The molecule has 6 nitrogen and oxygen atoms in total. The van der Waals surface area contributed by atoms with Crippen molar-refractivity contribution in [2.24, 2.45) is 0 Å². The van der Waals surface area contributed by atoms with E-state index in [4.69, 9.17) is 4.74 Å². The van der Waals surface area contributed by atoms with Crippen LogP contribution in [0.15, 0.2) is 71.8 Å². The summed E-state index contributed by atoms with van der Waals surface area (Å²) in [5, 5.41) is 10.1. The number of aromatic nitrogens is 1. The number of fused-ring (bicyclic) bond motifs is 1. The molecule has 0 aliphatic heterocycles. The standard InChI is InChI=1S/C25H20FN3O3S/c1-3-16-12-19(17-8-9-22-20(13-17)18(15-27)10-11-28-22)14-23(25(16)32-2)29-33(30,31)24-7-5-4-6-21(24)26/h4-14,29H,3H2,1-2H3. The Kier molecular flexibility index (Phi) is 5.99. The van der Waals surface area contributed by atoms with Gasteiger partial charge in [0.05, 0.1) is 29.9 Å². The van der Waals surface area contributed by atoms with Crippen LogP contribution in [0.4, 0.5) is 10.1 Å². The Bertz CT molecular complexity index is 1510. The topological polar surface area (TPSA) is 92.1 Å². The Morgan fingerprint density at radius 3 is 2.58 bits per heavy atom. The van der Waals surface area contributed by atoms with Crippen LogP contribution in [0.1, 0.15) is 18.1 Å². The predicted molar refractivity (Wildman–Crippen MR) is 125 cm³/mol. The number of ether oxygens (including phenoxy) is 1. The van der Waals surface area contributed by atoms with Crippen LogP contribution in [0.3, 0.4) is 0 Å². The zero-order chi connectivity index (χ0) is 23.6. The van der Waals surface area contributed by atoms with Crippen LogP contribution >= 0.6 is 0 Å². The first-order valence-corrected chi connectivity index (χ1v) is 11.6. The van der Waals surface area contributed by atoms with Crippen molar-refractivity contribution in [3.05, 3.63) is 83.8 Å². The molecular formula is C25H20FN3O3S. The van der Waals surface area contributed by atoms with E-state index in [9.17, 15) is 18.1 Å². The van der Waals surface area contributed by atoms with Gasteiger partial charge < -0.3 is 4.74 Å². The molecule has 33 heavy (non-hydrogen) atoms. The number of pyridine rings is 1. The third kappa shape index (κ3) is 4.23. The number of anilines is 1. The van der Waals surface area contributed by atoms with E-state index < -0.39 is 20.7 Å². The Labute approximate surface area is 191 Å². The molecule has 4 rings (SSSR count). The molecule has 0 amide bonds. The molecule has 1 N–H and O–H groups in total. The lowest BCUT2D eigenvalue weighted by Crippen LogP contribution is -2.15. The van der Waals surface area contributed by atoms with Crippen molar-refractivity contribution in [2.75, 3.05) is 11.8 Å². The van der Waals surface area contributed by atoms with Crippen molar-refractivity contribution < 1.29 is 17.5 Å². The fourth-order valence-corrected chi connectivity index (χ4v) is 4.85. The average molecular weight is 462 g/mol. The summed E-state index contributed by atoms with van der Waals surface area (Å²) in [6, 6.07) is 18.0. The molecule has 0 fully saturated rings. The number of hydrogen-bond donors (Lipinski definition) is 1. The summed E-state index contributed by atoms with van der Waals surface area (Å²) in [5.41, 5.74) is 3.63. The van der Waals surface area contributed by atoms with Crippen molar-refractivity contribution in [3.8, 4) is 22.9 Å². The Morgan fingerprint density at radius 1 is 1.09 bits per heavy atom. The van der Waals surface area contributed by atoms with Crippen LogP contribution in [0.5, 0.6) is 5.75 Å². The summed E-state index contributed by atoms with van der Waals surface area (Å²) in [5.74, 6) is -0.483. The summed E-state index contributed by atoms with van der Waals surface area (Å²) in [6.45, 7) is 1.93. The first-order chi connectivity index (χ1) is 15.9. The van der Waals surface area contributed by atoms with E-state index in [2.05, 4.69) is 15.8 Å². The van der Waals surface area contributed by atoms with Crippen LogP contribution in [0.2, 0.25) is 0 Å². The molecule has 0 saturated heterocycles. The molecule has 1 heterocycles. The van der Waals surface area contributed by atoms with Gasteiger partial charge in [0.25, 0.3) is 10.0 Å². The largest absolute Gasteiger partial charge is 0.494 e. The molecule has 3 aromatic carbocycles. The van der Waals surface area contributed by atoms with E-state index in [0.717, 1.165) is 17.2 Å². The van der Waals surface area contributed by atoms with E-state index in [0.29, 0.717) is 34.2 Å². The van der Waals surface area contributed by atoms with Crippen LogP contribution in [-0.4, -0.2) is 20.5 Å². The highest BCUT2D eigenvalue weighted by Gasteiger charge is 2.22. The fraction of sp³-hybridized carbons (Fsp3) is 0.120. The number of aryl methyl sites for hydroxylation is 1. The number of methoxy groups -OCH3 is 1. The minimum Gasteiger partial charge on any atom is -0.494 e. The summed E-state index contributed by atoms with van der Waals surface area (Å²) < 4.78 is 48.1. The molecule has 0 saturated carbocycles. The zero-order valence-corrected chi connectivity index (χ0v) is 18.8. The van der Waals surface area contributed by atoms with E-state index in [1.54, 1.807) is 18.3 Å². The number of nitriles is 1. The van der Waals surface area contributed by atoms with Gasteiger partial charge in [0.1, 0.15) is 16.5 Å². The lowest BCUT2D eigenvalue weighted by atomic mass is 9.97. The van der Waals surface area contributed by atoms with Crippen LogP contribution < -0.4 is 9.46 Å². The number of hydrogen-bond acceptors (Lipinski definition) is 5. The molecule has 0 aliphatic carbocycles. The van der Waals surface area contributed by atoms with Gasteiger partial charge in [-0.05, 0) is 65.6 Å². The van der Waals surface area contributed by atoms with E-state index in [-0.39, 0.29) is 5.69 Å². The molecule has 0 aliphatic rings. The first-order valence-electron chi connectivity index (χ1n) is 10.2. The molecule has 0 spiro atoms. The number of nitrogens with one attached hydrogen (secondary N) is 1. The van der Waals surface area contributed by atoms with Gasteiger partial charge in [-0.3, -0.25) is 9.71 Å². The molecule has 0 radical (unpaired) electrons. The van der Waals surface area contributed by atoms with Gasteiger partial charge in [-0.15, -0.1) is 0 Å². The maximum atomic E-state index is 14.2. The summed E-state index contributed by atoms with van der Waals surface area (Å²) in [6.07, 6.45) is 2.16. The third-order valence-electron chi connectivity index (χ3n) is 5.32. The molecule has 4 aromatic rings. The smallest absolute Gasteiger partial charge is 0.264 e. The molecule has 8 heteroatoms. The molecule has 1 aromatic heterocycles. The maximum Gasteiger partial charge on any atom is 0.264 e. The van der Waals surface area contributed by atoms with Crippen molar-refractivity contribution in [2.45, 2.75) is 18.2 Å². The fourth-order valence-electron chi connectivity index (χ4n) is 3.72. The summed E-state index contributed by atoms with van der Waals surface area (Å²) in [4.78, 5) is 3.84. The highest BCUT2D eigenvalue weighted by Crippen LogP contribution is 2.37. The van der Waals surface area contributed by atoms with Gasteiger partial charge in [0, 0.05) is 11.6 Å². The van der Waals surface area contributed by atoms with Gasteiger partial charge in [-0.1, -0.05) is 25.1 Å². The zero-order valence-electron chi connectivity index (χ0n) is 18.0.